The monoisotopic (exact) mass is 554 g/mol. The zero-order chi connectivity index (χ0) is 28.2. The van der Waals surface area contributed by atoms with Crippen molar-refractivity contribution in [3.05, 3.63) is 115 Å². The average molecular weight is 555 g/mol. The van der Waals surface area contributed by atoms with Crippen LogP contribution in [0.3, 0.4) is 0 Å². The smallest absolute Gasteiger partial charge is 0.338 e. The summed E-state index contributed by atoms with van der Waals surface area (Å²) in [4.78, 5) is 32.3. The first-order chi connectivity index (χ1) is 19.5. The molecule has 0 saturated heterocycles. The summed E-state index contributed by atoms with van der Waals surface area (Å²) < 4.78 is 18.9. The molecule has 1 aliphatic rings. The van der Waals surface area contributed by atoms with Crippen LogP contribution < -0.4 is 24.4 Å². The van der Waals surface area contributed by atoms with E-state index in [0.717, 1.165) is 27.6 Å². The van der Waals surface area contributed by atoms with Crippen molar-refractivity contribution >= 4 is 34.2 Å². The maximum Gasteiger partial charge on any atom is 0.338 e. The lowest BCUT2D eigenvalue weighted by Crippen LogP contribution is -2.39. The molecule has 1 atom stereocenters. The van der Waals surface area contributed by atoms with Gasteiger partial charge in [-0.05, 0) is 61.6 Å². The van der Waals surface area contributed by atoms with Crippen LogP contribution in [0.25, 0.3) is 16.8 Å². The molecule has 0 amide bonds. The zero-order valence-electron chi connectivity index (χ0n) is 22.7. The van der Waals surface area contributed by atoms with Gasteiger partial charge in [-0.3, -0.25) is 9.36 Å². The Morgan fingerprint density at radius 1 is 1.02 bits per heavy atom. The number of ether oxygens (including phenoxy) is 3. The minimum Gasteiger partial charge on any atom is -0.493 e. The van der Waals surface area contributed by atoms with Crippen molar-refractivity contribution < 1.29 is 19.0 Å². The number of allylic oxidation sites excluding steroid dienone is 1. The van der Waals surface area contributed by atoms with Crippen LogP contribution in [-0.4, -0.2) is 30.4 Å². The first-order valence-electron chi connectivity index (χ1n) is 13.1. The maximum atomic E-state index is 14.0. The summed E-state index contributed by atoms with van der Waals surface area (Å²) in [5, 5.41) is 1.96. The van der Waals surface area contributed by atoms with Crippen molar-refractivity contribution in [2.45, 2.75) is 26.8 Å². The molecule has 0 fully saturated rings. The highest BCUT2D eigenvalue weighted by Gasteiger charge is 2.33. The molecule has 0 aliphatic carbocycles. The van der Waals surface area contributed by atoms with E-state index in [2.05, 4.69) is 11.6 Å². The van der Waals surface area contributed by atoms with Gasteiger partial charge in [-0.2, -0.15) is 0 Å². The lowest BCUT2D eigenvalue weighted by Gasteiger charge is -2.24. The topological polar surface area (TPSA) is 79.1 Å². The van der Waals surface area contributed by atoms with Crippen LogP contribution in [0.5, 0.6) is 11.5 Å². The summed E-state index contributed by atoms with van der Waals surface area (Å²) in [6.07, 6.45) is 3.55. The predicted octanol–water partition coefficient (Wildman–Crippen LogP) is 4.92. The van der Waals surface area contributed by atoms with E-state index in [9.17, 15) is 9.59 Å². The number of fused-ring (bicyclic) bond motifs is 2. The molecular weight excluding hydrogens is 524 g/mol. The van der Waals surface area contributed by atoms with E-state index in [1.807, 2.05) is 73.7 Å². The van der Waals surface area contributed by atoms with Crippen LogP contribution in [0.15, 0.2) is 94.4 Å². The van der Waals surface area contributed by atoms with Gasteiger partial charge >= 0.3 is 5.97 Å². The lowest BCUT2D eigenvalue weighted by atomic mass is 9.96. The molecule has 0 bridgehead atoms. The van der Waals surface area contributed by atoms with Crippen molar-refractivity contribution in [2.75, 3.05) is 19.8 Å². The number of carbonyl (C=O) groups is 1. The maximum absolute atomic E-state index is 14.0. The minimum absolute atomic E-state index is 0.214. The Kier molecular flexibility index (Phi) is 7.98. The van der Waals surface area contributed by atoms with Crippen LogP contribution >= 0.6 is 11.3 Å². The molecule has 3 aromatic carbocycles. The molecule has 0 unspecified atom stereocenters. The SMILES string of the molecule is C=CCOc1ccc([C@H]2C(C(=O)OCC)=C(C)N=c3s/c(=C/c4ccc(OCC)c5ccccc45)c(=O)n32)cc1. The Balaban J connectivity index is 1.68. The molecule has 204 valence electrons. The van der Waals surface area contributed by atoms with Gasteiger partial charge in [-0.15, -0.1) is 0 Å². The first-order valence-corrected chi connectivity index (χ1v) is 14.0. The molecule has 4 aromatic rings. The third-order valence-corrected chi connectivity index (χ3v) is 7.57. The Labute approximate surface area is 236 Å². The summed E-state index contributed by atoms with van der Waals surface area (Å²) in [6.45, 7) is 10.3. The van der Waals surface area contributed by atoms with Crippen LogP contribution in [0.2, 0.25) is 0 Å². The Morgan fingerprint density at radius 2 is 1.77 bits per heavy atom. The van der Waals surface area contributed by atoms with Crippen LogP contribution in [0.4, 0.5) is 0 Å². The fourth-order valence-electron chi connectivity index (χ4n) is 4.85. The highest BCUT2D eigenvalue weighted by Crippen LogP contribution is 2.32. The van der Waals surface area contributed by atoms with Gasteiger partial charge in [0, 0.05) is 5.39 Å². The number of hydrogen-bond donors (Lipinski definition) is 0. The van der Waals surface area contributed by atoms with Gasteiger partial charge < -0.3 is 14.2 Å². The molecule has 1 aliphatic heterocycles. The summed E-state index contributed by atoms with van der Waals surface area (Å²) in [6, 6.07) is 18.5. The standard InChI is InChI=1S/C32H30N2O5S/c1-5-18-39-23-15-12-21(13-16-23)29-28(31(36)38-7-3)20(4)33-32-34(29)30(35)27(40-32)19-22-14-17-26(37-6-2)25-11-9-8-10-24(22)25/h5,8-17,19,29H,1,6-7,18H2,2-4H3/b27-19+/t29-/m0/s1. The number of thiazole rings is 1. The van der Waals surface area contributed by atoms with E-state index in [0.29, 0.717) is 39.6 Å². The third-order valence-electron chi connectivity index (χ3n) is 6.58. The minimum atomic E-state index is -0.692. The molecule has 0 radical (unpaired) electrons. The van der Waals surface area contributed by atoms with Crippen molar-refractivity contribution in [2.24, 2.45) is 4.99 Å². The number of rotatable bonds is 9. The second-order valence-corrected chi connectivity index (χ2v) is 10.1. The quantitative estimate of drug-likeness (QED) is 0.217. The largest absolute Gasteiger partial charge is 0.493 e. The molecule has 0 N–H and O–H groups in total. The fraction of sp³-hybridized carbons (Fsp3) is 0.219. The zero-order valence-corrected chi connectivity index (χ0v) is 23.5. The molecule has 5 rings (SSSR count). The van der Waals surface area contributed by atoms with Crippen LogP contribution in [0, 0.1) is 0 Å². The van der Waals surface area contributed by atoms with E-state index in [4.69, 9.17) is 14.2 Å². The number of nitrogens with zero attached hydrogens (tertiary/aromatic N) is 2. The molecule has 0 spiro atoms. The average Bonchev–Trinajstić information content (AvgIpc) is 3.27. The summed E-state index contributed by atoms with van der Waals surface area (Å²) in [5.74, 6) is 0.969. The number of hydrogen-bond acceptors (Lipinski definition) is 7. The Bertz CT molecular complexity index is 1800. The summed E-state index contributed by atoms with van der Waals surface area (Å²) in [5.41, 5.74) is 2.28. The van der Waals surface area contributed by atoms with Crippen molar-refractivity contribution in [3.63, 3.8) is 0 Å². The second-order valence-electron chi connectivity index (χ2n) is 9.10. The predicted molar refractivity (Wildman–Crippen MR) is 158 cm³/mol. The van der Waals surface area contributed by atoms with Crippen molar-refractivity contribution in [3.8, 4) is 11.5 Å². The molecule has 7 nitrogen and oxygen atoms in total. The van der Waals surface area contributed by atoms with E-state index in [1.54, 1.807) is 24.5 Å². The second kappa shape index (κ2) is 11.8. The van der Waals surface area contributed by atoms with Crippen LogP contribution in [-0.2, 0) is 9.53 Å². The van der Waals surface area contributed by atoms with E-state index >= 15 is 0 Å². The van der Waals surface area contributed by atoms with Gasteiger partial charge in [0.2, 0.25) is 0 Å². The van der Waals surface area contributed by atoms with Gasteiger partial charge in [0.25, 0.3) is 5.56 Å². The summed E-state index contributed by atoms with van der Waals surface area (Å²) >= 11 is 1.30. The molecule has 40 heavy (non-hydrogen) atoms. The number of benzene rings is 3. The molecule has 2 heterocycles. The fourth-order valence-corrected chi connectivity index (χ4v) is 5.89. The van der Waals surface area contributed by atoms with Gasteiger partial charge in [0.05, 0.1) is 35.1 Å². The van der Waals surface area contributed by atoms with Gasteiger partial charge in [0.1, 0.15) is 18.1 Å². The van der Waals surface area contributed by atoms with E-state index in [-0.39, 0.29) is 12.2 Å². The van der Waals surface area contributed by atoms with Gasteiger partial charge in [-0.25, -0.2) is 9.79 Å². The third kappa shape index (κ3) is 5.10. The molecule has 8 heteroatoms. The normalized spacial score (nSPS) is 15.0. The van der Waals surface area contributed by atoms with Crippen LogP contribution in [0.1, 0.15) is 37.9 Å². The molecule has 1 aromatic heterocycles. The highest BCUT2D eigenvalue weighted by atomic mass is 32.1. The number of esters is 1. The van der Waals surface area contributed by atoms with Gasteiger partial charge in [-0.1, -0.05) is 66.5 Å². The van der Waals surface area contributed by atoms with Gasteiger partial charge in [0.15, 0.2) is 4.80 Å². The van der Waals surface area contributed by atoms with E-state index in [1.165, 1.54) is 11.3 Å². The summed E-state index contributed by atoms with van der Waals surface area (Å²) in [7, 11) is 0. The number of aromatic nitrogens is 1. The highest BCUT2D eigenvalue weighted by molar-refractivity contribution is 7.07. The molecule has 0 saturated carbocycles. The number of carbonyl (C=O) groups excluding carboxylic acids is 1. The first kappa shape index (κ1) is 27.1. The molecular formula is C32H30N2O5S. The Hall–Kier alpha value is -4.43. The lowest BCUT2D eigenvalue weighted by molar-refractivity contribution is -0.139. The van der Waals surface area contributed by atoms with E-state index < -0.39 is 12.0 Å². The van der Waals surface area contributed by atoms with Crippen molar-refractivity contribution in [1.29, 1.82) is 0 Å². The Morgan fingerprint density at radius 3 is 2.48 bits per heavy atom. The van der Waals surface area contributed by atoms with Crippen molar-refractivity contribution in [1.82, 2.24) is 4.57 Å².